The van der Waals surface area contributed by atoms with Crippen molar-refractivity contribution in [3.63, 3.8) is 0 Å². The maximum atomic E-state index is 13.7. The molecular formula is C28H21ClN2O7. The Balaban J connectivity index is 1.64. The van der Waals surface area contributed by atoms with Crippen LogP contribution >= 0.6 is 11.6 Å². The number of esters is 1. The summed E-state index contributed by atoms with van der Waals surface area (Å²) in [5.41, 5.74) is 6.50. The van der Waals surface area contributed by atoms with E-state index in [0.717, 1.165) is 0 Å². The molecule has 0 saturated carbocycles. The molecule has 38 heavy (non-hydrogen) atoms. The normalized spacial score (nSPS) is 14.4. The second-order valence-electron chi connectivity index (χ2n) is 8.48. The molecule has 1 aliphatic rings. The number of carbonyl (C=O) groups excluding carboxylic acids is 3. The highest BCUT2D eigenvalue weighted by Gasteiger charge is 2.43. The summed E-state index contributed by atoms with van der Waals surface area (Å²) in [5, 5.41) is 0.600. The lowest BCUT2D eigenvalue weighted by Gasteiger charge is -2.25. The van der Waals surface area contributed by atoms with Crippen LogP contribution in [-0.4, -0.2) is 31.0 Å². The van der Waals surface area contributed by atoms with Gasteiger partial charge in [-0.25, -0.2) is 4.79 Å². The van der Waals surface area contributed by atoms with Crippen LogP contribution in [0, 0.1) is 0 Å². The highest BCUT2D eigenvalue weighted by molar-refractivity contribution is 6.31. The van der Waals surface area contributed by atoms with E-state index < -0.39 is 23.8 Å². The number of benzene rings is 3. The number of nitrogens with two attached hydrogens (primary N) is 1. The predicted molar refractivity (Wildman–Crippen MR) is 140 cm³/mol. The van der Waals surface area contributed by atoms with Crippen molar-refractivity contribution in [1.82, 2.24) is 0 Å². The van der Waals surface area contributed by atoms with Crippen molar-refractivity contribution < 1.29 is 28.3 Å². The number of anilines is 1. The molecule has 0 bridgehead atoms. The zero-order valence-corrected chi connectivity index (χ0v) is 20.9. The minimum Gasteiger partial charge on any atom is -0.484 e. The van der Waals surface area contributed by atoms with Crippen LogP contribution in [0.2, 0.25) is 5.02 Å². The first-order chi connectivity index (χ1) is 18.3. The van der Waals surface area contributed by atoms with Gasteiger partial charge in [0, 0.05) is 10.7 Å². The second-order valence-corrected chi connectivity index (χ2v) is 8.92. The number of fused-ring (bicyclic) bond motifs is 2. The van der Waals surface area contributed by atoms with Crippen LogP contribution in [0.4, 0.5) is 5.69 Å². The maximum Gasteiger partial charge on any atom is 0.338 e. The Hall–Kier alpha value is -4.63. The van der Waals surface area contributed by atoms with E-state index in [1.54, 1.807) is 67.6 Å². The van der Waals surface area contributed by atoms with Gasteiger partial charge < -0.3 is 19.6 Å². The van der Waals surface area contributed by atoms with E-state index in [1.165, 1.54) is 11.0 Å². The van der Waals surface area contributed by atoms with Crippen LogP contribution in [0.3, 0.4) is 0 Å². The molecule has 5 rings (SSSR count). The lowest BCUT2D eigenvalue weighted by molar-refractivity contribution is -0.119. The fourth-order valence-electron chi connectivity index (χ4n) is 4.40. The van der Waals surface area contributed by atoms with E-state index in [9.17, 15) is 19.2 Å². The number of hydrogen-bond donors (Lipinski definition) is 1. The summed E-state index contributed by atoms with van der Waals surface area (Å²) in [6.07, 6.45) is 0. The van der Waals surface area contributed by atoms with Gasteiger partial charge in [0.2, 0.25) is 5.76 Å². The van der Waals surface area contributed by atoms with Crippen LogP contribution < -0.4 is 20.8 Å². The van der Waals surface area contributed by atoms with Crippen LogP contribution in [0.5, 0.6) is 5.75 Å². The van der Waals surface area contributed by atoms with Gasteiger partial charge in [-0.05, 0) is 67.1 Å². The van der Waals surface area contributed by atoms with Crippen LogP contribution in [-0.2, 0) is 9.53 Å². The summed E-state index contributed by atoms with van der Waals surface area (Å²) in [7, 11) is 0. The number of amides is 2. The molecule has 2 amide bonds. The molecule has 2 heterocycles. The molecule has 1 aliphatic heterocycles. The number of rotatable bonds is 7. The number of ether oxygens (including phenoxy) is 2. The Labute approximate surface area is 221 Å². The molecule has 0 fully saturated rings. The molecular weight excluding hydrogens is 512 g/mol. The average molecular weight is 533 g/mol. The van der Waals surface area contributed by atoms with Gasteiger partial charge >= 0.3 is 5.97 Å². The summed E-state index contributed by atoms with van der Waals surface area (Å²) in [6.45, 7) is 1.65. The highest BCUT2D eigenvalue weighted by Crippen LogP contribution is 2.41. The van der Waals surface area contributed by atoms with Gasteiger partial charge in [-0.2, -0.15) is 0 Å². The lowest BCUT2D eigenvalue weighted by atomic mass is 9.98. The molecule has 0 aliphatic carbocycles. The number of carbonyl (C=O) groups is 3. The monoisotopic (exact) mass is 532 g/mol. The lowest BCUT2D eigenvalue weighted by Crippen LogP contribution is -2.29. The predicted octanol–water partition coefficient (Wildman–Crippen LogP) is 4.24. The van der Waals surface area contributed by atoms with E-state index in [-0.39, 0.29) is 40.9 Å². The molecule has 0 saturated heterocycles. The summed E-state index contributed by atoms with van der Waals surface area (Å²) in [4.78, 5) is 52.0. The third-order valence-corrected chi connectivity index (χ3v) is 6.30. The molecule has 1 aromatic heterocycles. The topological polar surface area (TPSA) is 129 Å². The summed E-state index contributed by atoms with van der Waals surface area (Å²) in [5.74, 6) is -1.32. The van der Waals surface area contributed by atoms with E-state index in [2.05, 4.69) is 0 Å². The largest absolute Gasteiger partial charge is 0.484 e. The summed E-state index contributed by atoms with van der Waals surface area (Å²) >= 11 is 6.14. The van der Waals surface area contributed by atoms with Crippen LogP contribution in [0.15, 0.2) is 75.9 Å². The van der Waals surface area contributed by atoms with Crippen molar-refractivity contribution >= 4 is 46.0 Å². The number of hydrogen-bond acceptors (Lipinski definition) is 7. The zero-order chi connectivity index (χ0) is 27.0. The zero-order valence-electron chi connectivity index (χ0n) is 20.1. The van der Waals surface area contributed by atoms with Gasteiger partial charge in [-0.1, -0.05) is 23.7 Å². The van der Waals surface area contributed by atoms with Gasteiger partial charge in [0.05, 0.1) is 29.2 Å². The SMILES string of the molecule is CCOC(=O)c1ccc(N2C(=O)c3oc4ccc(Cl)cc4c(=O)c3C2c2ccc(OCC(N)=O)cc2)cc1. The van der Waals surface area contributed by atoms with Gasteiger partial charge in [0.1, 0.15) is 11.3 Å². The maximum absolute atomic E-state index is 13.7. The molecule has 192 valence electrons. The first-order valence-electron chi connectivity index (χ1n) is 11.7. The Bertz CT molecular complexity index is 1630. The van der Waals surface area contributed by atoms with Crippen molar-refractivity contribution in [3.05, 3.63) is 104 Å². The molecule has 4 aromatic rings. The van der Waals surface area contributed by atoms with E-state index in [4.69, 9.17) is 31.2 Å². The smallest absolute Gasteiger partial charge is 0.338 e. The molecule has 0 radical (unpaired) electrons. The van der Waals surface area contributed by atoms with Gasteiger partial charge in [-0.15, -0.1) is 0 Å². The molecule has 9 nitrogen and oxygen atoms in total. The number of halogens is 1. The van der Waals surface area contributed by atoms with Gasteiger partial charge in [-0.3, -0.25) is 19.3 Å². The standard InChI is InChI=1S/C28H21ClN2O7/c1-2-36-28(35)16-3-8-18(9-4-16)31-24(15-5-10-19(11-6-15)37-14-22(30)32)23-25(33)20-13-17(29)7-12-21(20)38-26(23)27(31)34/h3-13,24H,2,14H2,1H3,(H2,30,32). The van der Waals surface area contributed by atoms with Crippen molar-refractivity contribution in [3.8, 4) is 5.75 Å². The minimum atomic E-state index is -0.851. The minimum absolute atomic E-state index is 0.0849. The number of nitrogens with zero attached hydrogens (tertiary/aromatic N) is 1. The summed E-state index contributed by atoms with van der Waals surface area (Å²) < 4.78 is 16.3. The van der Waals surface area contributed by atoms with Crippen LogP contribution in [0.25, 0.3) is 11.0 Å². The first-order valence-corrected chi connectivity index (χ1v) is 12.0. The molecule has 0 spiro atoms. The Morgan fingerprint density at radius 3 is 2.39 bits per heavy atom. The molecule has 3 aromatic carbocycles. The fourth-order valence-corrected chi connectivity index (χ4v) is 4.57. The van der Waals surface area contributed by atoms with Crippen molar-refractivity contribution in [2.75, 3.05) is 18.1 Å². The van der Waals surface area contributed by atoms with Crippen LogP contribution in [0.1, 0.15) is 45.0 Å². The molecule has 1 unspecified atom stereocenters. The van der Waals surface area contributed by atoms with E-state index in [1.807, 2.05) is 0 Å². The average Bonchev–Trinajstić information content (AvgIpc) is 3.20. The quantitative estimate of drug-likeness (QED) is 0.352. The van der Waals surface area contributed by atoms with Gasteiger partial charge in [0.15, 0.2) is 12.0 Å². The molecule has 1 atom stereocenters. The highest BCUT2D eigenvalue weighted by atomic mass is 35.5. The summed E-state index contributed by atoms with van der Waals surface area (Å²) in [6, 6.07) is 16.7. The van der Waals surface area contributed by atoms with E-state index >= 15 is 0 Å². The Kier molecular flexibility index (Phi) is 6.61. The van der Waals surface area contributed by atoms with Gasteiger partial charge in [0.25, 0.3) is 11.8 Å². The fraction of sp³-hybridized carbons (Fsp3) is 0.143. The second kappa shape index (κ2) is 10.0. The van der Waals surface area contributed by atoms with Crippen molar-refractivity contribution in [2.24, 2.45) is 5.73 Å². The van der Waals surface area contributed by atoms with Crippen molar-refractivity contribution in [1.29, 1.82) is 0 Å². The third kappa shape index (κ3) is 4.48. The molecule has 2 N–H and O–H groups in total. The first kappa shape index (κ1) is 25.0. The van der Waals surface area contributed by atoms with E-state index in [0.29, 0.717) is 27.6 Å². The number of primary amides is 1. The Morgan fingerprint density at radius 1 is 1.03 bits per heavy atom. The third-order valence-electron chi connectivity index (χ3n) is 6.07. The Morgan fingerprint density at radius 2 is 1.74 bits per heavy atom. The van der Waals surface area contributed by atoms with Crippen molar-refractivity contribution in [2.45, 2.75) is 13.0 Å². The molecule has 10 heteroatoms.